The minimum atomic E-state index is -0.234. The van der Waals surface area contributed by atoms with Crippen LogP contribution in [0.25, 0.3) is 0 Å². The molecule has 1 aromatic carbocycles. The van der Waals surface area contributed by atoms with Crippen LogP contribution in [0.4, 0.5) is 4.39 Å². The summed E-state index contributed by atoms with van der Waals surface area (Å²) in [5, 5.41) is 3.81. The molecule has 1 N–H and O–H groups in total. The normalized spacial score (nSPS) is 21.5. The van der Waals surface area contributed by atoms with Crippen LogP contribution in [0.2, 0.25) is 5.02 Å². The molecular weight excluding hydrogens is 201 g/mol. The second kappa shape index (κ2) is 3.87. The van der Waals surface area contributed by atoms with Crippen LogP contribution in [0.15, 0.2) is 12.1 Å². The zero-order chi connectivity index (χ0) is 10.1. The average Bonchev–Trinajstić information content (AvgIpc) is 2.63. The van der Waals surface area contributed by atoms with Crippen molar-refractivity contribution >= 4 is 11.6 Å². The van der Waals surface area contributed by atoms with Gasteiger partial charge in [-0.1, -0.05) is 11.6 Å². The molecule has 0 amide bonds. The van der Waals surface area contributed by atoms with E-state index < -0.39 is 0 Å². The van der Waals surface area contributed by atoms with Crippen molar-refractivity contribution in [2.45, 2.75) is 19.3 Å². The monoisotopic (exact) mass is 213 g/mol. The summed E-state index contributed by atoms with van der Waals surface area (Å²) in [6.45, 7) is 3.90. The zero-order valence-corrected chi connectivity index (χ0v) is 8.87. The molecule has 0 radical (unpaired) electrons. The minimum Gasteiger partial charge on any atom is -0.316 e. The Balaban J connectivity index is 2.40. The summed E-state index contributed by atoms with van der Waals surface area (Å²) in [6.07, 6.45) is 1.07. The second-order valence-corrected chi connectivity index (χ2v) is 4.20. The molecule has 1 unspecified atom stereocenters. The lowest BCUT2D eigenvalue weighted by atomic mass is 9.94. The van der Waals surface area contributed by atoms with Crippen LogP contribution < -0.4 is 5.32 Å². The van der Waals surface area contributed by atoms with Crippen LogP contribution >= 0.6 is 11.6 Å². The maximum absolute atomic E-state index is 13.2. The first-order chi connectivity index (χ1) is 6.68. The first kappa shape index (κ1) is 9.94. The fourth-order valence-electron chi connectivity index (χ4n) is 2.01. The molecule has 76 valence electrons. The highest BCUT2D eigenvalue weighted by Gasteiger charge is 2.20. The third-order valence-electron chi connectivity index (χ3n) is 2.85. The summed E-state index contributed by atoms with van der Waals surface area (Å²) < 4.78 is 13.2. The molecule has 1 fully saturated rings. The van der Waals surface area contributed by atoms with Gasteiger partial charge in [0.15, 0.2) is 0 Å². The maximum atomic E-state index is 13.2. The van der Waals surface area contributed by atoms with E-state index in [9.17, 15) is 4.39 Å². The van der Waals surface area contributed by atoms with Crippen LogP contribution in [0.1, 0.15) is 23.5 Å². The van der Waals surface area contributed by atoms with Crippen molar-refractivity contribution in [1.29, 1.82) is 0 Å². The molecule has 1 atom stereocenters. The Bertz CT molecular complexity index is 345. The van der Waals surface area contributed by atoms with Gasteiger partial charge in [0.1, 0.15) is 5.82 Å². The number of hydrogen-bond acceptors (Lipinski definition) is 1. The summed E-state index contributed by atoms with van der Waals surface area (Å²) in [6, 6.07) is 2.99. The highest BCUT2D eigenvalue weighted by atomic mass is 35.5. The molecular formula is C11H13ClFN. The van der Waals surface area contributed by atoms with Crippen LogP contribution in [0, 0.1) is 12.7 Å². The molecule has 1 saturated heterocycles. The van der Waals surface area contributed by atoms with Gasteiger partial charge < -0.3 is 5.32 Å². The third-order valence-corrected chi connectivity index (χ3v) is 3.24. The molecule has 1 aromatic rings. The van der Waals surface area contributed by atoms with E-state index in [1.54, 1.807) is 6.07 Å². The van der Waals surface area contributed by atoms with E-state index in [1.165, 1.54) is 6.07 Å². The topological polar surface area (TPSA) is 12.0 Å². The van der Waals surface area contributed by atoms with Gasteiger partial charge in [-0.05, 0) is 49.1 Å². The lowest BCUT2D eigenvalue weighted by Crippen LogP contribution is -2.09. The van der Waals surface area contributed by atoms with Crippen molar-refractivity contribution in [2.75, 3.05) is 13.1 Å². The SMILES string of the molecule is Cc1c(Cl)cc(F)cc1C1CCNC1. The predicted molar refractivity (Wildman–Crippen MR) is 56.4 cm³/mol. The Morgan fingerprint density at radius 2 is 2.29 bits per heavy atom. The van der Waals surface area contributed by atoms with Gasteiger partial charge in [-0.3, -0.25) is 0 Å². The van der Waals surface area contributed by atoms with Gasteiger partial charge in [0.25, 0.3) is 0 Å². The van der Waals surface area contributed by atoms with Gasteiger partial charge in [-0.2, -0.15) is 0 Å². The summed E-state index contributed by atoms with van der Waals surface area (Å²) in [5.74, 6) is 0.186. The fraction of sp³-hybridized carbons (Fsp3) is 0.455. The van der Waals surface area contributed by atoms with Crippen molar-refractivity contribution in [3.63, 3.8) is 0 Å². The summed E-state index contributed by atoms with van der Waals surface area (Å²) in [5.41, 5.74) is 2.07. The summed E-state index contributed by atoms with van der Waals surface area (Å²) in [4.78, 5) is 0. The Morgan fingerprint density at radius 1 is 1.50 bits per heavy atom. The Kier molecular flexibility index (Phi) is 2.75. The molecule has 3 heteroatoms. The molecule has 1 nitrogen and oxygen atoms in total. The number of benzene rings is 1. The van der Waals surface area contributed by atoms with Crippen molar-refractivity contribution in [3.05, 3.63) is 34.1 Å². The second-order valence-electron chi connectivity index (χ2n) is 3.79. The lowest BCUT2D eigenvalue weighted by Gasteiger charge is -2.13. The molecule has 0 bridgehead atoms. The third kappa shape index (κ3) is 1.77. The molecule has 14 heavy (non-hydrogen) atoms. The summed E-state index contributed by atoms with van der Waals surface area (Å²) in [7, 11) is 0. The Morgan fingerprint density at radius 3 is 2.93 bits per heavy atom. The van der Waals surface area contributed by atoms with E-state index >= 15 is 0 Å². The van der Waals surface area contributed by atoms with Gasteiger partial charge in [-0.15, -0.1) is 0 Å². The standard InChI is InChI=1S/C11H13ClFN/c1-7-10(8-2-3-14-6-8)4-9(13)5-11(7)12/h4-5,8,14H,2-3,6H2,1H3. The first-order valence-electron chi connectivity index (χ1n) is 4.84. The number of rotatable bonds is 1. The molecule has 2 rings (SSSR count). The fourth-order valence-corrected chi connectivity index (χ4v) is 2.22. The highest BCUT2D eigenvalue weighted by Crippen LogP contribution is 2.30. The first-order valence-corrected chi connectivity index (χ1v) is 5.22. The molecule has 0 aliphatic carbocycles. The smallest absolute Gasteiger partial charge is 0.124 e. The quantitative estimate of drug-likeness (QED) is 0.757. The number of halogens is 2. The number of hydrogen-bond donors (Lipinski definition) is 1. The van der Waals surface area contributed by atoms with Crippen LogP contribution in [0.3, 0.4) is 0 Å². The van der Waals surface area contributed by atoms with Crippen molar-refractivity contribution < 1.29 is 4.39 Å². The van der Waals surface area contributed by atoms with E-state index in [0.29, 0.717) is 10.9 Å². The largest absolute Gasteiger partial charge is 0.316 e. The maximum Gasteiger partial charge on any atom is 0.124 e. The van der Waals surface area contributed by atoms with Gasteiger partial charge in [0.05, 0.1) is 0 Å². The lowest BCUT2D eigenvalue weighted by molar-refractivity contribution is 0.620. The Hall–Kier alpha value is -0.600. The Labute approximate surface area is 88.3 Å². The predicted octanol–water partition coefficient (Wildman–Crippen LogP) is 2.86. The van der Waals surface area contributed by atoms with Crippen LogP contribution in [-0.2, 0) is 0 Å². The van der Waals surface area contributed by atoms with E-state index in [-0.39, 0.29) is 5.82 Å². The van der Waals surface area contributed by atoms with Crippen molar-refractivity contribution in [1.82, 2.24) is 5.32 Å². The number of nitrogens with one attached hydrogen (secondary N) is 1. The zero-order valence-electron chi connectivity index (χ0n) is 8.11. The van der Waals surface area contributed by atoms with E-state index in [4.69, 9.17) is 11.6 Å². The van der Waals surface area contributed by atoms with Crippen molar-refractivity contribution in [2.24, 2.45) is 0 Å². The molecule has 0 spiro atoms. The molecule has 0 aromatic heterocycles. The van der Waals surface area contributed by atoms with Crippen LogP contribution in [0.5, 0.6) is 0 Å². The molecule has 0 saturated carbocycles. The van der Waals surface area contributed by atoms with E-state index in [0.717, 1.165) is 30.6 Å². The van der Waals surface area contributed by atoms with Crippen molar-refractivity contribution in [3.8, 4) is 0 Å². The van der Waals surface area contributed by atoms with Gasteiger partial charge in [-0.25, -0.2) is 4.39 Å². The van der Waals surface area contributed by atoms with E-state index in [2.05, 4.69) is 5.32 Å². The van der Waals surface area contributed by atoms with Crippen LogP contribution in [-0.4, -0.2) is 13.1 Å². The van der Waals surface area contributed by atoms with Gasteiger partial charge in [0.2, 0.25) is 0 Å². The van der Waals surface area contributed by atoms with Gasteiger partial charge in [0, 0.05) is 11.6 Å². The van der Waals surface area contributed by atoms with E-state index in [1.807, 2.05) is 6.92 Å². The minimum absolute atomic E-state index is 0.234. The highest BCUT2D eigenvalue weighted by molar-refractivity contribution is 6.31. The molecule has 1 aliphatic heterocycles. The molecule has 1 heterocycles. The van der Waals surface area contributed by atoms with Gasteiger partial charge >= 0.3 is 0 Å². The average molecular weight is 214 g/mol. The molecule has 1 aliphatic rings. The summed E-state index contributed by atoms with van der Waals surface area (Å²) >= 11 is 5.94.